The van der Waals surface area contributed by atoms with Gasteiger partial charge in [0.1, 0.15) is 0 Å². The number of carbonyl (C=O) groups excluding carboxylic acids is 2. The van der Waals surface area contributed by atoms with Gasteiger partial charge in [-0.2, -0.15) is 4.31 Å². The first kappa shape index (κ1) is 20.3. The molecule has 0 radical (unpaired) electrons. The van der Waals surface area contributed by atoms with Gasteiger partial charge in [-0.05, 0) is 48.5 Å². The van der Waals surface area contributed by atoms with Gasteiger partial charge in [-0.15, -0.1) is 0 Å². The van der Waals surface area contributed by atoms with Crippen molar-refractivity contribution in [1.29, 1.82) is 0 Å². The molecule has 0 aliphatic carbocycles. The Morgan fingerprint density at radius 2 is 1.63 bits per heavy atom. The molecule has 0 unspecified atom stereocenters. The molecule has 0 spiro atoms. The number of sulfonamides is 1. The van der Waals surface area contributed by atoms with E-state index in [1.807, 2.05) is 0 Å². The zero-order chi connectivity index (χ0) is 21.1. The maximum absolute atomic E-state index is 12.7. The molecule has 0 bridgehead atoms. The van der Waals surface area contributed by atoms with Crippen LogP contribution in [-0.4, -0.2) is 64.1 Å². The molecule has 30 heavy (non-hydrogen) atoms. The standard InChI is InChI=1S/C20H22N4O5S/c25-19(22-16-3-5-17(6-4-16)24-10-9-21-20(24)26)15-1-7-18(8-2-15)30(27,28)23-11-13-29-14-12-23/h1-8H,9-14H2,(H,21,26)(H,22,25). The van der Waals surface area contributed by atoms with E-state index in [9.17, 15) is 18.0 Å². The number of nitrogens with zero attached hydrogens (tertiary/aromatic N) is 2. The number of benzene rings is 2. The van der Waals surface area contributed by atoms with E-state index in [0.717, 1.165) is 5.69 Å². The average molecular weight is 430 g/mol. The molecule has 0 atom stereocenters. The van der Waals surface area contributed by atoms with Crippen molar-refractivity contribution >= 4 is 33.3 Å². The molecule has 10 heteroatoms. The minimum absolute atomic E-state index is 0.140. The van der Waals surface area contributed by atoms with Crippen LogP contribution in [0.4, 0.5) is 16.2 Å². The number of hydrogen-bond acceptors (Lipinski definition) is 5. The maximum atomic E-state index is 12.7. The van der Waals surface area contributed by atoms with Crippen LogP contribution < -0.4 is 15.5 Å². The van der Waals surface area contributed by atoms with E-state index >= 15 is 0 Å². The van der Waals surface area contributed by atoms with Crippen LogP contribution >= 0.6 is 0 Å². The van der Waals surface area contributed by atoms with Gasteiger partial charge in [0.05, 0.1) is 18.1 Å². The van der Waals surface area contributed by atoms with Gasteiger partial charge in [0, 0.05) is 43.1 Å². The zero-order valence-electron chi connectivity index (χ0n) is 16.2. The fraction of sp³-hybridized carbons (Fsp3) is 0.300. The number of ether oxygens (including phenoxy) is 1. The van der Waals surface area contributed by atoms with Crippen molar-refractivity contribution in [3.8, 4) is 0 Å². The second-order valence-electron chi connectivity index (χ2n) is 6.93. The summed E-state index contributed by atoms with van der Waals surface area (Å²) in [6.45, 7) is 2.60. The first-order chi connectivity index (χ1) is 14.4. The van der Waals surface area contributed by atoms with E-state index in [4.69, 9.17) is 4.74 Å². The van der Waals surface area contributed by atoms with Gasteiger partial charge in [0.25, 0.3) is 5.91 Å². The van der Waals surface area contributed by atoms with Crippen molar-refractivity contribution in [3.63, 3.8) is 0 Å². The minimum atomic E-state index is -3.60. The number of morpholine rings is 1. The Morgan fingerprint density at radius 3 is 2.23 bits per heavy atom. The molecule has 9 nitrogen and oxygen atoms in total. The van der Waals surface area contributed by atoms with Gasteiger partial charge in [0.15, 0.2) is 0 Å². The van der Waals surface area contributed by atoms with Crippen LogP contribution in [0.1, 0.15) is 10.4 Å². The topological polar surface area (TPSA) is 108 Å². The summed E-state index contributed by atoms with van der Waals surface area (Å²) in [6.07, 6.45) is 0. The van der Waals surface area contributed by atoms with Crippen molar-refractivity contribution in [2.24, 2.45) is 0 Å². The first-order valence-electron chi connectivity index (χ1n) is 9.60. The van der Waals surface area contributed by atoms with Gasteiger partial charge in [0.2, 0.25) is 10.0 Å². The van der Waals surface area contributed by atoms with Gasteiger partial charge >= 0.3 is 6.03 Å². The Balaban J connectivity index is 1.42. The second-order valence-corrected chi connectivity index (χ2v) is 8.86. The molecular weight excluding hydrogens is 408 g/mol. The number of urea groups is 1. The number of nitrogens with one attached hydrogen (secondary N) is 2. The largest absolute Gasteiger partial charge is 0.379 e. The quantitative estimate of drug-likeness (QED) is 0.747. The van der Waals surface area contributed by atoms with Crippen LogP contribution in [0.3, 0.4) is 0 Å². The molecule has 2 N–H and O–H groups in total. The third-order valence-corrected chi connectivity index (χ3v) is 6.93. The SMILES string of the molecule is O=C(Nc1ccc(N2CCNC2=O)cc1)c1ccc(S(=O)(=O)N2CCOCC2)cc1. The molecule has 2 aromatic rings. The lowest BCUT2D eigenvalue weighted by atomic mass is 10.2. The number of hydrogen-bond donors (Lipinski definition) is 2. The summed E-state index contributed by atoms with van der Waals surface area (Å²) >= 11 is 0. The van der Waals surface area contributed by atoms with Gasteiger partial charge in [-0.25, -0.2) is 13.2 Å². The van der Waals surface area contributed by atoms with E-state index < -0.39 is 10.0 Å². The van der Waals surface area contributed by atoms with Crippen LogP contribution in [0.25, 0.3) is 0 Å². The molecule has 2 fully saturated rings. The summed E-state index contributed by atoms with van der Waals surface area (Å²) in [7, 11) is -3.60. The highest BCUT2D eigenvalue weighted by atomic mass is 32.2. The summed E-state index contributed by atoms with van der Waals surface area (Å²) in [5.74, 6) is -0.350. The lowest BCUT2D eigenvalue weighted by Crippen LogP contribution is -2.40. The smallest absolute Gasteiger partial charge is 0.321 e. The molecule has 2 aromatic carbocycles. The lowest BCUT2D eigenvalue weighted by Gasteiger charge is -2.26. The van der Waals surface area contributed by atoms with Crippen LogP contribution in [0.2, 0.25) is 0 Å². The fourth-order valence-corrected chi connectivity index (χ4v) is 4.77. The van der Waals surface area contributed by atoms with Crippen LogP contribution in [0, 0.1) is 0 Å². The monoisotopic (exact) mass is 430 g/mol. The summed E-state index contributed by atoms with van der Waals surface area (Å²) in [4.78, 5) is 26.0. The molecule has 2 aliphatic rings. The fourth-order valence-electron chi connectivity index (χ4n) is 3.36. The summed E-state index contributed by atoms with van der Waals surface area (Å²) in [6, 6.07) is 12.7. The number of carbonyl (C=O) groups is 2. The average Bonchev–Trinajstić information content (AvgIpc) is 3.21. The van der Waals surface area contributed by atoms with E-state index in [0.29, 0.717) is 50.6 Å². The predicted octanol–water partition coefficient (Wildman–Crippen LogP) is 1.49. The number of rotatable bonds is 5. The van der Waals surface area contributed by atoms with Crippen LogP contribution in [0.5, 0.6) is 0 Å². The second kappa shape index (κ2) is 8.42. The van der Waals surface area contributed by atoms with Crippen LogP contribution in [0.15, 0.2) is 53.4 Å². The minimum Gasteiger partial charge on any atom is -0.379 e. The predicted molar refractivity (Wildman–Crippen MR) is 111 cm³/mol. The highest BCUT2D eigenvalue weighted by Crippen LogP contribution is 2.21. The van der Waals surface area contributed by atoms with Crippen LogP contribution in [-0.2, 0) is 14.8 Å². The lowest BCUT2D eigenvalue weighted by molar-refractivity contribution is 0.0730. The summed E-state index contributed by atoms with van der Waals surface area (Å²) in [5, 5.41) is 5.51. The van der Waals surface area contributed by atoms with Crippen molar-refractivity contribution in [2.45, 2.75) is 4.90 Å². The number of amides is 3. The van der Waals surface area contributed by atoms with E-state index in [1.54, 1.807) is 29.2 Å². The Kier molecular flexibility index (Phi) is 5.71. The highest BCUT2D eigenvalue weighted by molar-refractivity contribution is 7.89. The highest BCUT2D eigenvalue weighted by Gasteiger charge is 2.26. The van der Waals surface area contributed by atoms with E-state index in [1.165, 1.54) is 28.6 Å². The van der Waals surface area contributed by atoms with Gasteiger partial charge < -0.3 is 15.4 Å². The van der Waals surface area contributed by atoms with E-state index in [2.05, 4.69) is 10.6 Å². The van der Waals surface area contributed by atoms with Crippen molar-refractivity contribution in [2.75, 3.05) is 49.6 Å². The Labute approximate surface area is 174 Å². The van der Waals surface area contributed by atoms with E-state index in [-0.39, 0.29) is 16.8 Å². The molecule has 2 heterocycles. The van der Waals surface area contributed by atoms with Gasteiger partial charge in [-0.3, -0.25) is 9.69 Å². The Bertz CT molecular complexity index is 1030. The molecule has 0 aromatic heterocycles. The first-order valence-corrected chi connectivity index (χ1v) is 11.0. The third kappa shape index (κ3) is 4.16. The molecule has 3 amide bonds. The van der Waals surface area contributed by atoms with Crippen molar-refractivity contribution < 1.29 is 22.7 Å². The Morgan fingerprint density at radius 1 is 0.967 bits per heavy atom. The molecule has 0 saturated carbocycles. The zero-order valence-corrected chi connectivity index (χ0v) is 17.0. The van der Waals surface area contributed by atoms with Crippen molar-refractivity contribution in [3.05, 3.63) is 54.1 Å². The number of anilines is 2. The Hall–Kier alpha value is -2.95. The maximum Gasteiger partial charge on any atom is 0.321 e. The van der Waals surface area contributed by atoms with Crippen molar-refractivity contribution in [1.82, 2.24) is 9.62 Å². The molecule has 158 valence electrons. The molecule has 4 rings (SSSR count). The molecule has 2 aliphatic heterocycles. The summed E-state index contributed by atoms with van der Waals surface area (Å²) in [5.41, 5.74) is 1.67. The molecular formula is C20H22N4O5S. The molecule has 2 saturated heterocycles. The summed E-state index contributed by atoms with van der Waals surface area (Å²) < 4.78 is 31.9. The van der Waals surface area contributed by atoms with Gasteiger partial charge in [-0.1, -0.05) is 0 Å². The third-order valence-electron chi connectivity index (χ3n) is 5.02. The normalized spacial score (nSPS) is 17.6.